The Morgan fingerprint density at radius 3 is 1.97 bits per heavy atom. The summed E-state index contributed by atoms with van der Waals surface area (Å²) >= 11 is 0. The van der Waals surface area contributed by atoms with Gasteiger partial charge in [-0.1, -0.05) is 12.1 Å². The number of hydrogen-bond acceptors (Lipinski definition) is 5. The molecule has 0 fully saturated rings. The summed E-state index contributed by atoms with van der Waals surface area (Å²) < 4.78 is 95.1. The van der Waals surface area contributed by atoms with Gasteiger partial charge in [-0.2, -0.15) is 26.3 Å². The maximum atomic E-state index is 14.0. The van der Waals surface area contributed by atoms with E-state index in [2.05, 4.69) is 4.98 Å². The van der Waals surface area contributed by atoms with Gasteiger partial charge in [0, 0.05) is 30.1 Å². The quantitative estimate of drug-likeness (QED) is 0.405. The zero-order valence-electron chi connectivity index (χ0n) is 18.9. The van der Waals surface area contributed by atoms with Gasteiger partial charge in [0.15, 0.2) is 0 Å². The van der Waals surface area contributed by atoms with E-state index < -0.39 is 67.1 Å². The fourth-order valence-corrected chi connectivity index (χ4v) is 3.79. The summed E-state index contributed by atoms with van der Waals surface area (Å²) in [5, 5.41) is 30.4. The molecular formula is C24H20F7N2O4-. The normalized spacial score (nSPS) is 14.0. The SMILES string of the molecule is O=C([O-])C[C@H](O)C[C@H](O)CCn1c(C(F)(F)F)nc(-c2ccc(C(F)(F)F)cc2)c1-c1ccc(F)cc1. The molecule has 0 amide bonds. The first-order chi connectivity index (χ1) is 17.2. The molecule has 2 aromatic carbocycles. The van der Waals surface area contributed by atoms with Crippen molar-refractivity contribution in [1.82, 2.24) is 9.55 Å². The van der Waals surface area contributed by atoms with Gasteiger partial charge in [-0.05, 0) is 49.2 Å². The number of aliphatic carboxylic acids is 1. The first kappa shape index (κ1) is 28.1. The molecule has 0 saturated heterocycles. The molecule has 2 atom stereocenters. The summed E-state index contributed by atoms with van der Waals surface area (Å²) in [4.78, 5) is 14.3. The van der Waals surface area contributed by atoms with Crippen LogP contribution in [0, 0.1) is 5.82 Å². The number of alkyl halides is 6. The summed E-state index contributed by atoms with van der Waals surface area (Å²) in [6.07, 6.45) is -14.2. The first-order valence-corrected chi connectivity index (χ1v) is 10.8. The highest BCUT2D eigenvalue weighted by atomic mass is 19.4. The number of aliphatic hydroxyl groups is 2. The predicted molar refractivity (Wildman–Crippen MR) is 114 cm³/mol. The van der Waals surface area contributed by atoms with Crippen LogP contribution in [0.3, 0.4) is 0 Å². The third-order valence-electron chi connectivity index (χ3n) is 5.46. The zero-order chi connectivity index (χ0) is 27.5. The predicted octanol–water partition coefficient (Wildman–Crippen LogP) is 4.04. The van der Waals surface area contributed by atoms with Crippen molar-refractivity contribution in [1.29, 1.82) is 0 Å². The molecule has 0 unspecified atom stereocenters. The molecule has 200 valence electrons. The summed E-state index contributed by atoms with van der Waals surface area (Å²) in [6.45, 7) is -0.519. The van der Waals surface area contributed by atoms with E-state index in [1.165, 1.54) is 12.1 Å². The van der Waals surface area contributed by atoms with E-state index in [1.54, 1.807) is 0 Å². The van der Waals surface area contributed by atoms with E-state index in [0.717, 1.165) is 24.3 Å². The van der Waals surface area contributed by atoms with E-state index in [9.17, 15) is 50.8 Å². The van der Waals surface area contributed by atoms with Gasteiger partial charge in [-0.25, -0.2) is 9.37 Å². The van der Waals surface area contributed by atoms with E-state index in [1.807, 2.05) is 0 Å². The maximum absolute atomic E-state index is 14.0. The van der Waals surface area contributed by atoms with Gasteiger partial charge in [-0.3, -0.25) is 0 Å². The molecule has 13 heteroatoms. The summed E-state index contributed by atoms with van der Waals surface area (Å²) in [6, 6.07) is 7.65. The third kappa shape index (κ3) is 7.07. The molecule has 0 saturated carbocycles. The number of rotatable bonds is 9. The molecule has 0 spiro atoms. The van der Waals surface area contributed by atoms with Crippen LogP contribution in [0.25, 0.3) is 22.5 Å². The minimum Gasteiger partial charge on any atom is -0.550 e. The Kier molecular flexibility index (Phi) is 8.28. The van der Waals surface area contributed by atoms with Crippen LogP contribution < -0.4 is 5.11 Å². The van der Waals surface area contributed by atoms with Crippen molar-refractivity contribution in [2.24, 2.45) is 0 Å². The van der Waals surface area contributed by atoms with Crippen LogP contribution in [0.4, 0.5) is 30.7 Å². The van der Waals surface area contributed by atoms with Crippen LogP contribution in [-0.2, 0) is 23.7 Å². The largest absolute Gasteiger partial charge is 0.550 e. The minimum atomic E-state index is -5.02. The Labute approximate surface area is 205 Å². The van der Waals surface area contributed by atoms with E-state index in [0.29, 0.717) is 16.7 Å². The highest BCUT2D eigenvalue weighted by Crippen LogP contribution is 2.40. The van der Waals surface area contributed by atoms with Gasteiger partial charge in [0.2, 0.25) is 5.82 Å². The number of halogens is 7. The van der Waals surface area contributed by atoms with Crippen LogP contribution in [0.2, 0.25) is 0 Å². The topological polar surface area (TPSA) is 98.4 Å². The molecule has 6 nitrogen and oxygen atoms in total. The standard InChI is InChI=1S/C24H21F7N2O4/c25-16-7-3-14(4-8-16)21-20(13-1-5-15(6-2-13)23(26,27)28)32-22(24(29,30)31)33(21)10-9-17(34)11-18(35)12-19(36)37/h1-8,17-18,34-35H,9-12H2,(H,36,37)/p-1/t17-,18-/m1/s1. The van der Waals surface area contributed by atoms with Crippen LogP contribution in [0.5, 0.6) is 0 Å². The highest BCUT2D eigenvalue weighted by Gasteiger charge is 2.39. The lowest BCUT2D eigenvalue weighted by atomic mass is 10.0. The van der Waals surface area contributed by atoms with Gasteiger partial charge in [-0.15, -0.1) is 0 Å². The lowest BCUT2D eigenvalue weighted by Crippen LogP contribution is -2.30. The molecular weight excluding hydrogens is 513 g/mol. The van der Waals surface area contributed by atoms with Crippen molar-refractivity contribution < 1.29 is 50.8 Å². The molecule has 0 aliphatic rings. The molecule has 1 aromatic heterocycles. The monoisotopic (exact) mass is 533 g/mol. The second-order valence-corrected chi connectivity index (χ2v) is 8.27. The van der Waals surface area contributed by atoms with Gasteiger partial charge in [0.1, 0.15) is 5.82 Å². The summed E-state index contributed by atoms with van der Waals surface area (Å²) in [5.74, 6) is -3.67. The van der Waals surface area contributed by atoms with Gasteiger partial charge in [0.25, 0.3) is 0 Å². The minimum absolute atomic E-state index is 0.0681. The van der Waals surface area contributed by atoms with Crippen molar-refractivity contribution in [3.05, 3.63) is 65.7 Å². The number of aromatic nitrogens is 2. The number of carboxylic acids is 1. The third-order valence-corrected chi connectivity index (χ3v) is 5.46. The van der Waals surface area contributed by atoms with E-state index in [-0.39, 0.29) is 28.9 Å². The van der Waals surface area contributed by atoms with Crippen molar-refractivity contribution in [3.8, 4) is 22.5 Å². The maximum Gasteiger partial charge on any atom is 0.449 e. The highest BCUT2D eigenvalue weighted by molar-refractivity contribution is 5.79. The Bertz CT molecular complexity index is 1220. The molecule has 0 aliphatic carbocycles. The fraction of sp³-hybridized carbons (Fsp3) is 0.333. The van der Waals surface area contributed by atoms with E-state index in [4.69, 9.17) is 0 Å². The number of carbonyl (C=O) groups excluding carboxylic acids is 1. The summed E-state index contributed by atoms with van der Waals surface area (Å²) in [7, 11) is 0. The molecule has 2 N–H and O–H groups in total. The number of nitrogens with zero attached hydrogens (tertiary/aromatic N) is 2. The molecule has 1 heterocycles. The second-order valence-electron chi connectivity index (χ2n) is 8.27. The van der Waals surface area contributed by atoms with Crippen molar-refractivity contribution in [2.45, 2.75) is 50.4 Å². The van der Waals surface area contributed by atoms with E-state index >= 15 is 0 Å². The number of aliphatic hydroxyl groups excluding tert-OH is 2. The number of hydrogen-bond donors (Lipinski definition) is 2. The molecule has 3 aromatic rings. The van der Waals surface area contributed by atoms with Crippen LogP contribution >= 0.6 is 0 Å². The Morgan fingerprint density at radius 2 is 1.46 bits per heavy atom. The number of imidazole rings is 1. The van der Waals surface area contributed by atoms with Crippen molar-refractivity contribution in [2.75, 3.05) is 0 Å². The lowest BCUT2D eigenvalue weighted by Gasteiger charge is -2.19. The first-order valence-electron chi connectivity index (χ1n) is 10.8. The second kappa shape index (κ2) is 10.9. The van der Waals surface area contributed by atoms with Gasteiger partial charge in [0.05, 0.1) is 29.2 Å². The van der Waals surface area contributed by atoms with Crippen LogP contribution in [0.15, 0.2) is 48.5 Å². The van der Waals surface area contributed by atoms with Crippen molar-refractivity contribution in [3.63, 3.8) is 0 Å². The van der Waals surface area contributed by atoms with Gasteiger partial charge >= 0.3 is 12.4 Å². The molecule has 0 radical (unpaired) electrons. The zero-order valence-corrected chi connectivity index (χ0v) is 18.9. The Hall–Kier alpha value is -3.45. The lowest BCUT2D eigenvalue weighted by molar-refractivity contribution is -0.307. The number of carbonyl (C=O) groups is 1. The molecule has 0 bridgehead atoms. The number of carboxylic acid groups (broad SMARTS) is 1. The fourth-order valence-electron chi connectivity index (χ4n) is 3.79. The molecule has 0 aliphatic heterocycles. The Morgan fingerprint density at radius 1 is 0.892 bits per heavy atom. The molecule has 37 heavy (non-hydrogen) atoms. The van der Waals surface area contributed by atoms with Crippen LogP contribution in [-0.4, -0.2) is 37.9 Å². The van der Waals surface area contributed by atoms with Gasteiger partial charge < -0.3 is 24.7 Å². The summed E-state index contributed by atoms with van der Waals surface area (Å²) in [5.41, 5.74) is -1.52. The Balaban J connectivity index is 2.09. The smallest absolute Gasteiger partial charge is 0.449 e. The molecule has 3 rings (SSSR count). The van der Waals surface area contributed by atoms with Crippen molar-refractivity contribution >= 4 is 5.97 Å². The average molecular weight is 533 g/mol. The number of benzene rings is 2. The average Bonchev–Trinajstić information content (AvgIpc) is 3.17. The van der Waals surface area contributed by atoms with Crippen LogP contribution in [0.1, 0.15) is 30.7 Å².